The summed E-state index contributed by atoms with van der Waals surface area (Å²) in [5.74, 6) is -0.0575. The first kappa shape index (κ1) is 16.5. The van der Waals surface area contributed by atoms with Crippen molar-refractivity contribution in [1.82, 2.24) is 14.8 Å². The third kappa shape index (κ3) is 2.74. The number of nitrogens with zero attached hydrogens (tertiary/aromatic N) is 2. The van der Waals surface area contributed by atoms with Crippen LogP contribution in [0.15, 0.2) is 35.1 Å². The molecule has 1 aromatic heterocycles. The van der Waals surface area contributed by atoms with Crippen LogP contribution < -0.4 is 10.9 Å². The van der Waals surface area contributed by atoms with E-state index in [1.807, 2.05) is 36.1 Å². The number of carbonyl (C=O) groups excluding carboxylic acids is 1. The second-order valence-electron chi connectivity index (χ2n) is 5.52. The molecule has 2 heterocycles. The molecule has 1 N–H and O–H groups in total. The average Bonchev–Trinajstić information content (AvgIpc) is 2.51. The molecule has 5 nitrogen and oxygen atoms in total. The van der Waals surface area contributed by atoms with Gasteiger partial charge in [-0.2, -0.15) is 0 Å². The Hall–Kier alpha value is -1.85. The highest BCUT2D eigenvalue weighted by Gasteiger charge is 2.25. The molecule has 0 saturated carbocycles. The molecule has 1 aromatic carbocycles. The highest BCUT2D eigenvalue weighted by atomic mass is 35.5. The second kappa shape index (κ2) is 6.50. The number of aromatic nitrogens is 1. The van der Waals surface area contributed by atoms with E-state index in [0.29, 0.717) is 12.1 Å². The first-order chi connectivity index (χ1) is 10.1. The van der Waals surface area contributed by atoms with Crippen LogP contribution in [0.4, 0.5) is 0 Å². The summed E-state index contributed by atoms with van der Waals surface area (Å²) in [4.78, 5) is 26.8. The number of carbonyl (C=O) groups is 1. The summed E-state index contributed by atoms with van der Waals surface area (Å²) in [6, 6.07) is 9.13. The maximum Gasteiger partial charge on any atom is 0.255 e. The van der Waals surface area contributed by atoms with E-state index >= 15 is 0 Å². The number of aryl methyl sites for hydroxylation is 1. The third-order valence-electron chi connectivity index (χ3n) is 4.15. The van der Waals surface area contributed by atoms with Crippen molar-refractivity contribution in [1.29, 1.82) is 0 Å². The van der Waals surface area contributed by atoms with Gasteiger partial charge in [0.15, 0.2) is 0 Å². The van der Waals surface area contributed by atoms with Gasteiger partial charge < -0.3 is 14.8 Å². The number of nitrogens with one attached hydrogen (secondary N) is 1. The lowest BCUT2D eigenvalue weighted by molar-refractivity contribution is 0.0657. The van der Waals surface area contributed by atoms with Crippen LogP contribution in [-0.4, -0.2) is 41.1 Å². The van der Waals surface area contributed by atoms with Crippen molar-refractivity contribution < 1.29 is 4.79 Å². The van der Waals surface area contributed by atoms with Crippen LogP contribution in [-0.2, 0) is 7.05 Å². The molecule has 0 aliphatic carbocycles. The van der Waals surface area contributed by atoms with Gasteiger partial charge in [-0.1, -0.05) is 18.2 Å². The van der Waals surface area contributed by atoms with E-state index in [-0.39, 0.29) is 29.9 Å². The van der Waals surface area contributed by atoms with Gasteiger partial charge in [0.1, 0.15) is 0 Å². The van der Waals surface area contributed by atoms with E-state index in [1.165, 1.54) is 6.07 Å². The maximum atomic E-state index is 12.8. The van der Waals surface area contributed by atoms with E-state index in [9.17, 15) is 9.59 Å². The zero-order chi connectivity index (χ0) is 15.0. The van der Waals surface area contributed by atoms with Crippen LogP contribution in [0.2, 0.25) is 0 Å². The molecule has 6 heteroatoms. The van der Waals surface area contributed by atoms with E-state index in [0.717, 1.165) is 24.0 Å². The Morgan fingerprint density at radius 1 is 1.32 bits per heavy atom. The molecule has 1 amide bonds. The molecule has 1 atom stereocenters. The number of hydrogen-bond donors (Lipinski definition) is 1. The lowest BCUT2D eigenvalue weighted by Crippen LogP contribution is -2.52. The van der Waals surface area contributed by atoms with Crippen molar-refractivity contribution in [2.24, 2.45) is 7.05 Å². The van der Waals surface area contributed by atoms with Gasteiger partial charge in [-0.15, -0.1) is 12.4 Å². The first-order valence-corrected chi connectivity index (χ1v) is 7.20. The number of rotatable bonds is 1. The van der Waals surface area contributed by atoms with E-state index in [1.54, 1.807) is 11.6 Å². The molecule has 0 unspecified atom stereocenters. The Balaban J connectivity index is 0.00000176. The number of piperazine rings is 1. The molecule has 3 rings (SSSR count). The summed E-state index contributed by atoms with van der Waals surface area (Å²) >= 11 is 0. The number of fused-ring (bicyclic) bond motifs is 1. The number of pyridine rings is 1. The van der Waals surface area contributed by atoms with Gasteiger partial charge in [-0.25, -0.2) is 0 Å². The smallest absolute Gasteiger partial charge is 0.255 e. The van der Waals surface area contributed by atoms with Gasteiger partial charge in [0.25, 0.3) is 11.5 Å². The molecule has 0 bridgehead atoms. The van der Waals surface area contributed by atoms with Crippen molar-refractivity contribution in [2.75, 3.05) is 19.6 Å². The summed E-state index contributed by atoms with van der Waals surface area (Å²) in [5, 5.41) is 4.10. The Kier molecular flexibility index (Phi) is 4.88. The zero-order valence-electron chi connectivity index (χ0n) is 12.7. The van der Waals surface area contributed by atoms with E-state index < -0.39 is 0 Å². The van der Waals surface area contributed by atoms with Crippen LogP contribution in [0.1, 0.15) is 17.3 Å². The molecule has 0 radical (unpaired) electrons. The summed E-state index contributed by atoms with van der Waals surface area (Å²) in [5.41, 5.74) is 1.14. The number of hydrogen-bond acceptors (Lipinski definition) is 3. The Labute approximate surface area is 135 Å². The molecule has 1 fully saturated rings. The fraction of sp³-hybridized carbons (Fsp3) is 0.375. The largest absolute Gasteiger partial charge is 0.333 e. The minimum absolute atomic E-state index is 0. The Morgan fingerprint density at radius 2 is 2.05 bits per heavy atom. The minimum Gasteiger partial charge on any atom is -0.333 e. The van der Waals surface area contributed by atoms with Crippen LogP contribution in [0, 0.1) is 0 Å². The van der Waals surface area contributed by atoms with Gasteiger partial charge in [0.2, 0.25) is 0 Å². The highest BCUT2D eigenvalue weighted by molar-refractivity contribution is 6.06. The number of halogens is 1. The average molecular weight is 322 g/mol. The fourth-order valence-electron chi connectivity index (χ4n) is 2.89. The van der Waals surface area contributed by atoms with E-state index in [4.69, 9.17) is 0 Å². The monoisotopic (exact) mass is 321 g/mol. The molecule has 1 aliphatic heterocycles. The van der Waals surface area contributed by atoms with Gasteiger partial charge in [0.05, 0.1) is 11.1 Å². The lowest BCUT2D eigenvalue weighted by Gasteiger charge is -2.34. The van der Waals surface area contributed by atoms with Crippen LogP contribution in [0.3, 0.4) is 0 Å². The summed E-state index contributed by atoms with van der Waals surface area (Å²) in [6.45, 7) is 4.27. The topological polar surface area (TPSA) is 54.3 Å². The van der Waals surface area contributed by atoms with E-state index in [2.05, 4.69) is 5.32 Å². The molecular weight excluding hydrogens is 302 g/mol. The standard InChI is InChI=1S/C16H19N3O2.ClH/c1-11-10-17-7-8-19(11)16(21)13-9-15(20)18(2)14-6-4-3-5-12(13)14;/h3-6,9,11,17H,7-8,10H2,1-2H3;1H/t11-;/m0./s1. The van der Waals surface area contributed by atoms with Crippen molar-refractivity contribution >= 4 is 29.2 Å². The van der Waals surface area contributed by atoms with Gasteiger partial charge in [-0.3, -0.25) is 9.59 Å². The van der Waals surface area contributed by atoms with Crippen molar-refractivity contribution in [3.8, 4) is 0 Å². The number of amides is 1. The molecule has 2 aromatic rings. The Morgan fingerprint density at radius 3 is 2.77 bits per heavy atom. The molecule has 1 saturated heterocycles. The number of para-hydroxylation sites is 1. The Bertz CT molecular complexity index is 757. The summed E-state index contributed by atoms with van der Waals surface area (Å²) in [6.07, 6.45) is 0. The molecular formula is C16H20ClN3O2. The van der Waals surface area contributed by atoms with Crippen LogP contribution >= 0.6 is 12.4 Å². The molecule has 22 heavy (non-hydrogen) atoms. The quantitative estimate of drug-likeness (QED) is 0.863. The molecule has 1 aliphatic rings. The van der Waals surface area contributed by atoms with Crippen molar-refractivity contribution in [3.05, 3.63) is 46.2 Å². The minimum atomic E-state index is -0.153. The predicted octanol–water partition coefficient (Wildman–Crippen LogP) is 1.39. The first-order valence-electron chi connectivity index (χ1n) is 7.20. The summed E-state index contributed by atoms with van der Waals surface area (Å²) in [7, 11) is 1.73. The van der Waals surface area contributed by atoms with Crippen molar-refractivity contribution in [2.45, 2.75) is 13.0 Å². The van der Waals surface area contributed by atoms with Gasteiger partial charge >= 0.3 is 0 Å². The molecule has 118 valence electrons. The lowest BCUT2D eigenvalue weighted by atomic mass is 10.1. The van der Waals surface area contributed by atoms with Crippen LogP contribution in [0.5, 0.6) is 0 Å². The zero-order valence-corrected chi connectivity index (χ0v) is 13.5. The summed E-state index contributed by atoms with van der Waals surface area (Å²) < 4.78 is 1.58. The fourth-order valence-corrected chi connectivity index (χ4v) is 2.89. The SMILES string of the molecule is C[C@H]1CNCCN1C(=O)c1cc(=O)n(C)c2ccccc12.Cl. The predicted molar refractivity (Wildman–Crippen MR) is 89.8 cm³/mol. The normalized spacial score (nSPS) is 18.1. The maximum absolute atomic E-state index is 12.8. The third-order valence-corrected chi connectivity index (χ3v) is 4.15. The highest BCUT2D eigenvalue weighted by Crippen LogP contribution is 2.19. The van der Waals surface area contributed by atoms with Gasteiger partial charge in [0, 0.05) is 44.2 Å². The van der Waals surface area contributed by atoms with Crippen LogP contribution in [0.25, 0.3) is 10.9 Å². The van der Waals surface area contributed by atoms with Crippen molar-refractivity contribution in [3.63, 3.8) is 0 Å². The molecule has 0 spiro atoms. The number of benzene rings is 1. The van der Waals surface area contributed by atoms with Gasteiger partial charge in [-0.05, 0) is 13.0 Å². The second-order valence-corrected chi connectivity index (χ2v) is 5.52.